The number of carbonyl (C=O) groups is 1. The Bertz CT molecular complexity index is 1210. The van der Waals surface area contributed by atoms with E-state index >= 15 is 0 Å². The number of nitrogens with zero attached hydrogens (tertiary/aromatic N) is 3. The third-order valence-corrected chi connectivity index (χ3v) is 6.03. The average Bonchev–Trinajstić information content (AvgIpc) is 3.39. The highest BCUT2D eigenvalue weighted by Gasteiger charge is 2.25. The quantitative estimate of drug-likeness (QED) is 0.398. The number of ether oxygens (including phenoxy) is 2. The van der Waals surface area contributed by atoms with E-state index in [1.165, 1.54) is 11.3 Å². The van der Waals surface area contributed by atoms with Crippen molar-refractivity contribution in [2.24, 2.45) is 0 Å². The van der Waals surface area contributed by atoms with Crippen molar-refractivity contribution in [3.8, 4) is 11.5 Å². The zero-order valence-electron chi connectivity index (χ0n) is 18.0. The molecule has 0 unspecified atom stereocenters. The summed E-state index contributed by atoms with van der Waals surface area (Å²) in [5.74, 6) is 1.41. The van der Waals surface area contributed by atoms with E-state index < -0.39 is 0 Å². The molecular weight excluding hydrogens is 414 g/mol. The predicted octanol–water partition coefficient (Wildman–Crippen LogP) is 4.66. The summed E-state index contributed by atoms with van der Waals surface area (Å²) in [6.45, 7) is 1.39. The monoisotopic (exact) mass is 439 g/mol. The van der Waals surface area contributed by atoms with Crippen LogP contribution in [0.25, 0.3) is 21.2 Å². The molecule has 0 fully saturated rings. The number of para-hydroxylation sites is 1. The highest BCUT2D eigenvalue weighted by molar-refractivity contribution is 7.22. The van der Waals surface area contributed by atoms with E-state index in [1.807, 2.05) is 50.5 Å². The van der Waals surface area contributed by atoms with E-state index in [4.69, 9.17) is 18.9 Å². The lowest BCUT2D eigenvalue weighted by atomic mass is 10.2. The van der Waals surface area contributed by atoms with Crippen molar-refractivity contribution in [3.63, 3.8) is 0 Å². The van der Waals surface area contributed by atoms with Crippen molar-refractivity contribution >= 4 is 43.6 Å². The fraction of sp³-hybridized carbons (Fsp3) is 0.304. The number of aromatic nitrogens is 1. The Kier molecular flexibility index (Phi) is 6.11. The van der Waals surface area contributed by atoms with E-state index in [-0.39, 0.29) is 11.7 Å². The molecule has 0 aliphatic heterocycles. The molecule has 0 saturated heterocycles. The standard InChI is InChI=1S/C23H25N3O4S/c1-25(2)11-6-12-26(23-24-17-10-9-16(28-3)14-20(17)31-23)22(27)19-13-15-7-5-8-18(29-4)21(15)30-19/h5,7-10,13-14H,6,11-12H2,1-4H3. The maximum absolute atomic E-state index is 13.5. The van der Waals surface area contributed by atoms with Crippen molar-refractivity contribution in [1.29, 1.82) is 0 Å². The Morgan fingerprint density at radius 3 is 2.68 bits per heavy atom. The summed E-state index contributed by atoms with van der Waals surface area (Å²) in [5, 5.41) is 1.46. The van der Waals surface area contributed by atoms with Crippen LogP contribution >= 0.6 is 11.3 Å². The topological polar surface area (TPSA) is 68.0 Å². The zero-order valence-corrected chi connectivity index (χ0v) is 18.9. The summed E-state index contributed by atoms with van der Waals surface area (Å²) in [5.41, 5.74) is 1.40. The summed E-state index contributed by atoms with van der Waals surface area (Å²) in [6, 6.07) is 13.1. The van der Waals surface area contributed by atoms with Crippen LogP contribution in [-0.4, -0.2) is 57.2 Å². The van der Waals surface area contributed by atoms with Crippen LogP contribution in [0.4, 0.5) is 5.13 Å². The third-order valence-electron chi connectivity index (χ3n) is 4.99. The van der Waals surface area contributed by atoms with Gasteiger partial charge in [0.05, 0.1) is 24.4 Å². The molecule has 0 N–H and O–H groups in total. The Balaban J connectivity index is 1.71. The van der Waals surface area contributed by atoms with E-state index in [2.05, 4.69) is 4.90 Å². The number of methoxy groups -OCH3 is 2. The Hall–Kier alpha value is -3.10. The lowest BCUT2D eigenvalue weighted by molar-refractivity contribution is 0.0961. The molecule has 1 amide bonds. The molecule has 0 saturated carbocycles. The van der Waals surface area contributed by atoms with Gasteiger partial charge in [-0.05, 0) is 57.4 Å². The van der Waals surface area contributed by atoms with Crippen LogP contribution in [0, 0.1) is 0 Å². The molecule has 8 heteroatoms. The number of hydrogen-bond acceptors (Lipinski definition) is 7. The first-order valence-corrected chi connectivity index (χ1v) is 10.8. The second-order valence-electron chi connectivity index (χ2n) is 7.43. The molecule has 0 aliphatic carbocycles. The van der Waals surface area contributed by atoms with Gasteiger partial charge in [-0.15, -0.1) is 0 Å². The number of rotatable bonds is 8. The molecular formula is C23H25N3O4S. The fourth-order valence-corrected chi connectivity index (χ4v) is 4.42. The number of furan rings is 1. The van der Waals surface area contributed by atoms with Gasteiger partial charge in [0.15, 0.2) is 22.2 Å². The molecule has 162 valence electrons. The first-order valence-electron chi connectivity index (χ1n) is 9.98. The molecule has 0 radical (unpaired) electrons. The molecule has 31 heavy (non-hydrogen) atoms. The Morgan fingerprint density at radius 2 is 1.94 bits per heavy atom. The van der Waals surface area contributed by atoms with E-state index in [1.54, 1.807) is 25.2 Å². The molecule has 7 nitrogen and oxygen atoms in total. The molecule has 4 aromatic rings. The summed E-state index contributed by atoms with van der Waals surface area (Å²) >= 11 is 1.47. The number of anilines is 1. The van der Waals surface area contributed by atoms with Crippen molar-refractivity contribution in [3.05, 3.63) is 48.2 Å². The fourth-order valence-electron chi connectivity index (χ4n) is 3.40. The summed E-state index contributed by atoms with van der Waals surface area (Å²) in [6.07, 6.45) is 0.807. The molecule has 0 aliphatic rings. The molecule has 0 spiro atoms. The van der Waals surface area contributed by atoms with Gasteiger partial charge in [0.1, 0.15) is 5.75 Å². The van der Waals surface area contributed by atoms with E-state index in [0.717, 1.165) is 34.3 Å². The molecule has 2 aromatic carbocycles. The average molecular weight is 440 g/mol. The van der Waals surface area contributed by atoms with Gasteiger partial charge in [0.2, 0.25) is 0 Å². The van der Waals surface area contributed by atoms with Crippen molar-refractivity contribution in [1.82, 2.24) is 9.88 Å². The second-order valence-corrected chi connectivity index (χ2v) is 8.44. The number of fused-ring (bicyclic) bond motifs is 2. The zero-order chi connectivity index (χ0) is 22.0. The molecule has 4 rings (SSSR count). The second kappa shape index (κ2) is 8.95. The van der Waals surface area contributed by atoms with Gasteiger partial charge in [-0.1, -0.05) is 23.5 Å². The summed E-state index contributed by atoms with van der Waals surface area (Å²) in [7, 11) is 7.25. The van der Waals surface area contributed by atoms with Crippen LogP contribution in [-0.2, 0) is 0 Å². The van der Waals surface area contributed by atoms with Crippen molar-refractivity contribution in [2.75, 3.05) is 46.3 Å². The number of carbonyl (C=O) groups excluding carboxylic acids is 1. The Labute approximate surface area is 184 Å². The molecule has 2 aromatic heterocycles. The van der Waals surface area contributed by atoms with Crippen LogP contribution in [0.3, 0.4) is 0 Å². The number of hydrogen-bond donors (Lipinski definition) is 0. The van der Waals surface area contributed by atoms with Crippen molar-refractivity contribution in [2.45, 2.75) is 6.42 Å². The van der Waals surface area contributed by atoms with Gasteiger partial charge >= 0.3 is 0 Å². The maximum Gasteiger partial charge on any atom is 0.295 e. The minimum absolute atomic E-state index is 0.219. The predicted molar refractivity (Wildman–Crippen MR) is 124 cm³/mol. The smallest absolute Gasteiger partial charge is 0.295 e. The lowest BCUT2D eigenvalue weighted by Crippen LogP contribution is -2.33. The van der Waals surface area contributed by atoms with Gasteiger partial charge in [-0.25, -0.2) is 4.98 Å². The number of benzene rings is 2. The van der Waals surface area contributed by atoms with Gasteiger partial charge in [-0.3, -0.25) is 9.69 Å². The molecule has 2 heterocycles. The summed E-state index contributed by atoms with van der Waals surface area (Å²) < 4.78 is 17.6. The van der Waals surface area contributed by atoms with Gasteiger partial charge < -0.3 is 18.8 Å². The van der Waals surface area contributed by atoms with Crippen molar-refractivity contribution < 1.29 is 18.7 Å². The van der Waals surface area contributed by atoms with Crippen LogP contribution < -0.4 is 14.4 Å². The molecule has 0 bridgehead atoms. The maximum atomic E-state index is 13.5. The minimum Gasteiger partial charge on any atom is -0.497 e. The minimum atomic E-state index is -0.219. The molecule has 0 atom stereocenters. The number of thiazole rings is 1. The highest BCUT2D eigenvalue weighted by atomic mass is 32.1. The summed E-state index contributed by atoms with van der Waals surface area (Å²) in [4.78, 5) is 22.0. The number of amides is 1. The highest BCUT2D eigenvalue weighted by Crippen LogP contribution is 2.34. The van der Waals surface area contributed by atoms with E-state index in [0.29, 0.717) is 23.0 Å². The lowest BCUT2D eigenvalue weighted by Gasteiger charge is -2.19. The van der Waals surface area contributed by atoms with Gasteiger partial charge in [0.25, 0.3) is 5.91 Å². The third kappa shape index (κ3) is 4.35. The van der Waals surface area contributed by atoms with Gasteiger partial charge in [-0.2, -0.15) is 0 Å². The van der Waals surface area contributed by atoms with E-state index in [9.17, 15) is 4.79 Å². The first kappa shape index (κ1) is 21.1. The van der Waals surface area contributed by atoms with Crippen LogP contribution in [0.5, 0.6) is 11.5 Å². The normalized spacial score (nSPS) is 11.4. The van der Waals surface area contributed by atoms with Crippen LogP contribution in [0.15, 0.2) is 46.9 Å². The Morgan fingerprint density at radius 1 is 1.10 bits per heavy atom. The largest absolute Gasteiger partial charge is 0.497 e. The van der Waals surface area contributed by atoms with Crippen LogP contribution in [0.2, 0.25) is 0 Å². The van der Waals surface area contributed by atoms with Crippen LogP contribution in [0.1, 0.15) is 17.0 Å². The first-order chi connectivity index (χ1) is 15.0. The van der Waals surface area contributed by atoms with Gasteiger partial charge in [0, 0.05) is 11.9 Å². The SMILES string of the molecule is COc1ccc2nc(N(CCCN(C)C)C(=O)c3cc4cccc(OC)c4o3)sc2c1.